The molecule has 0 aromatic rings. The fourth-order valence-electron chi connectivity index (χ4n) is 2.29. The van der Waals surface area contributed by atoms with E-state index < -0.39 is 9.84 Å². The van der Waals surface area contributed by atoms with E-state index in [1.165, 1.54) is 0 Å². The first-order chi connectivity index (χ1) is 7.99. The summed E-state index contributed by atoms with van der Waals surface area (Å²) in [6.07, 6.45) is 1.64. The van der Waals surface area contributed by atoms with Crippen LogP contribution in [0.5, 0.6) is 0 Å². The van der Waals surface area contributed by atoms with Crippen molar-refractivity contribution in [2.24, 2.45) is 11.3 Å². The molecule has 1 rings (SSSR count). The summed E-state index contributed by atoms with van der Waals surface area (Å²) in [5, 5.41) is 0. The number of sulfone groups is 1. The van der Waals surface area contributed by atoms with E-state index in [2.05, 4.69) is 6.92 Å². The van der Waals surface area contributed by atoms with Crippen molar-refractivity contribution in [1.29, 1.82) is 0 Å². The van der Waals surface area contributed by atoms with Gasteiger partial charge in [-0.3, -0.25) is 0 Å². The van der Waals surface area contributed by atoms with Crippen molar-refractivity contribution in [1.82, 2.24) is 0 Å². The molecule has 17 heavy (non-hydrogen) atoms. The fraction of sp³-hybridized carbons (Fsp3) is 1.00. The van der Waals surface area contributed by atoms with E-state index in [1.54, 1.807) is 0 Å². The molecule has 1 unspecified atom stereocenters. The highest BCUT2D eigenvalue weighted by atomic mass is 35.5. The summed E-state index contributed by atoms with van der Waals surface area (Å²) in [6, 6.07) is 0. The molecule has 1 fully saturated rings. The second-order valence-electron chi connectivity index (χ2n) is 4.68. The zero-order valence-corrected chi connectivity index (χ0v) is 13.3. The maximum absolute atomic E-state index is 11.6. The van der Waals surface area contributed by atoms with Gasteiger partial charge in [0.2, 0.25) is 0 Å². The van der Waals surface area contributed by atoms with Gasteiger partial charge in [0.25, 0.3) is 0 Å². The van der Waals surface area contributed by atoms with Gasteiger partial charge in [-0.25, -0.2) is 8.42 Å². The average molecular weight is 319 g/mol. The molecule has 1 heterocycles. The van der Waals surface area contributed by atoms with Crippen LogP contribution in [0.2, 0.25) is 0 Å². The number of thioether (sulfide) groups is 1. The second-order valence-corrected chi connectivity index (χ2v) is 8.83. The van der Waals surface area contributed by atoms with Gasteiger partial charge in [-0.05, 0) is 30.3 Å². The Labute approximate surface area is 119 Å². The Morgan fingerprint density at radius 3 is 2.41 bits per heavy atom. The van der Waals surface area contributed by atoms with E-state index in [9.17, 15) is 8.42 Å². The van der Waals surface area contributed by atoms with E-state index >= 15 is 0 Å². The Balaban J connectivity index is 2.70. The fourth-order valence-corrected chi connectivity index (χ4v) is 6.06. The Morgan fingerprint density at radius 1 is 1.35 bits per heavy atom. The third-order valence-electron chi connectivity index (χ3n) is 3.58. The Morgan fingerprint density at radius 2 is 2.00 bits per heavy atom. The van der Waals surface area contributed by atoms with Crippen molar-refractivity contribution in [3.05, 3.63) is 0 Å². The predicted octanol–water partition coefficient (Wildman–Crippen LogP) is 3.03. The summed E-state index contributed by atoms with van der Waals surface area (Å²) >= 11 is 14.0. The number of rotatable bonds is 7. The topological polar surface area (TPSA) is 34.1 Å². The summed E-state index contributed by atoms with van der Waals surface area (Å²) in [5.41, 5.74) is -0.200. The van der Waals surface area contributed by atoms with Gasteiger partial charge in [-0.2, -0.15) is 11.8 Å². The first-order valence-corrected chi connectivity index (χ1v) is 9.94. The largest absolute Gasteiger partial charge is 0.229 e. The minimum Gasteiger partial charge on any atom is -0.229 e. The molecule has 0 amide bonds. The maximum atomic E-state index is 11.6. The highest BCUT2D eigenvalue weighted by Gasteiger charge is 2.43. The van der Waals surface area contributed by atoms with Gasteiger partial charge in [0.05, 0.1) is 11.5 Å². The number of hydrogen-bond acceptors (Lipinski definition) is 3. The van der Waals surface area contributed by atoms with Crippen LogP contribution in [0.15, 0.2) is 0 Å². The molecular formula is C11H20Cl2O2S2. The van der Waals surface area contributed by atoms with Crippen molar-refractivity contribution in [3.8, 4) is 0 Å². The van der Waals surface area contributed by atoms with Crippen LogP contribution in [-0.2, 0) is 9.84 Å². The van der Waals surface area contributed by atoms with Crippen molar-refractivity contribution in [2.75, 3.05) is 34.8 Å². The monoisotopic (exact) mass is 318 g/mol. The van der Waals surface area contributed by atoms with E-state index in [4.69, 9.17) is 23.2 Å². The Hall–Kier alpha value is 0.880. The lowest BCUT2D eigenvalue weighted by Crippen LogP contribution is -2.36. The van der Waals surface area contributed by atoms with Gasteiger partial charge in [0.15, 0.2) is 9.84 Å². The maximum Gasteiger partial charge on any atom is 0.150 e. The molecule has 102 valence electrons. The molecule has 1 atom stereocenters. The summed E-state index contributed by atoms with van der Waals surface area (Å²) in [5.74, 6) is 3.70. The van der Waals surface area contributed by atoms with E-state index in [0.29, 0.717) is 17.5 Å². The molecular weight excluding hydrogens is 299 g/mol. The minimum absolute atomic E-state index is 0.139. The Bertz CT molecular complexity index is 326. The molecule has 0 aromatic heterocycles. The number of alkyl halides is 2. The number of halogens is 2. The molecule has 1 aliphatic rings. The quantitative estimate of drug-likeness (QED) is 0.534. The normalized spacial score (nSPS) is 24.1. The van der Waals surface area contributed by atoms with Gasteiger partial charge in [0, 0.05) is 17.2 Å². The first-order valence-electron chi connectivity index (χ1n) is 5.90. The van der Waals surface area contributed by atoms with Crippen molar-refractivity contribution in [2.45, 2.75) is 19.8 Å². The molecule has 1 saturated heterocycles. The van der Waals surface area contributed by atoms with Gasteiger partial charge in [0.1, 0.15) is 0 Å². The summed E-state index contributed by atoms with van der Waals surface area (Å²) in [4.78, 5) is 0. The van der Waals surface area contributed by atoms with Crippen LogP contribution < -0.4 is 0 Å². The van der Waals surface area contributed by atoms with Crippen molar-refractivity contribution >= 4 is 44.8 Å². The van der Waals surface area contributed by atoms with E-state index in [-0.39, 0.29) is 17.1 Å². The molecule has 0 aromatic carbocycles. The molecule has 1 aliphatic heterocycles. The molecule has 0 spiro atoms. The molecule has 2 nitrogen and oxygen atoms in total. The van der Waals surface area contributed by atoms with Gasteiger partial charge >= 0.3 is 0 Å². The first kappa shape index (κ1) is 15.9. The predicted molar refractivity (Wildman–Crippen MR) is 78.2 cm³/mol. The third kappa shape index (κ3) is 4.19. The molecule has 0 saturated carbocycles. The van der Waals surface area contributed by atoms with E-state index in [1.807, 2.05) is 11.8 Å². The smallest absolute Gasteiger partial charge is 0.150 e. The zero-order valence-electron chi connectivity index (χ0n) is 10.1. The summed E-state index contributed by atoms with van der Waals surface area (Å²) in [6.45, 7) is 2.12. The van der Waals surface area contributed by atoms with Crippen LogP contribution in [-0.4, -0.2) is 43.2 Å². The SMILES string of the molecule is CCSCCC(CCl)(CCl)C1CCS(=O)(=O)C1. The second kappa shape index (κ2) is 6.88. The summed E-state index contributed by atoms with van der Waals surface area (Å²) in [7, 11) is -2.85. The van der Waals surface area contributed by atoms with Gasteiger partial charge in [-0.15, -0.1) is 23.2 Å². The summed E-state index contributed by atoms with van der Waals surface area (Å²) < 4.78 is 23.1. The Kier molecular flexibility index (Phi) is 6.45. The lowest BCUT2D eigenvalue weighted by atomic mass is 9.76. The third-order valence-corrected chi connectivity index (χ3v) is 7.31. The van der Waals surface area contributed by atoms with Gasteiger partial charge in [-0.1, -0.05) is 6.92 Å². The van der Waals surface area contributed by atoms with Crippen LogP contribution in [0.4, 0.5) is 0 Å². The lowest BCUT2D eigenvalue weighted by molar-refractivity contribution is 0.239. The minimum atomic E-state index is -2.85. The van der Waals surface area contributed by atoms with Crippen LogP contribution in [0, 0.1) is 11.3 Å². The standard InChI is InChI=1S/C11H20Cl2O2S2/c1-2-16-5-4-11(8-12,9-13)10-3-6-17(14,15)7-10/h10H,2-9H2,1H3. The number of hydrogen-bond donors (Lipinski definition) is 0. The molecule has 0 radical (unpaired) electrons. The molecule has 0 aliphatic carbocycles. The zero-order chi connectivity index (χ0) is 12.9. The molecule has 0 bridgehead atoms. The van der Waals surface area contributed by atoms with Crippen LogP contribution >= 0.6 is 35.0 Å². The lowest BCUT2D eigenvalue weighted by Gasteiger charge is -2.35. The highest BCUT2D eigenvalue weighted by Crippen LogP contribution is 2.41. The molecule has 6 heteroatoms. The van der Waals surface area contributed by atoms with Crippen LogP contribution in [0.25, 0.3) is 0 Å². The highest BCUT2D eigenvalue weighted by molar-refractivity contribution is 7.99. The van der Waals surface area contributed by atoms with Crippen LogP contribution in [0.3, 0.4) is 0 Å². The van der Waals surface area contributed by atoms with Crippen molar-refractivity contribution in [3.63, 3.8) is 0 Å². The van der Waals surface area contributed by atoms with Gasteiger partial charge < -0.3 is 0 Å². The van der Waals surface area contributed by atoms with Crippen molar-refractivity contribution < 1.29 is 8.42 Å². The van der Waals surface area contributed by atoms with Crippen LogP contribution in [0.1, 0.15) is 19.8 Å². The average Bonchev–Trinajstić information content (AvgIpc) is 2.66. The van der Waals surface area contributed by atoms with E-state index in [0.717, 1.165) is 24.3 Å². The molecule has 0 N–H and O–H groups in total.